The van der Waals surface area contributed by atoms with Gasteiger partial charge in [-0.15, -0.1) is 0 Å². The van der Waals surface area contributed by atoms with Gasteiger partial charge in [-0.05, 0) is 52.7 Å². The average molecular weight is 476 g/mol. The van der Waals surface area contributed by atoms with Gasteiger partial charge >= 0.3 is 5.97 Å². The van der Waals surface area contributed by atoms with Crippen LogP contribution in [0.25, 0.3) is 0 Å². The third-order valence-corrected chi connectivity index (χ3v) is 6.02. The van der Waals surface area contributed by atoms with Crippen LogP contribution in [0, 0.1) is 6.92 Å². The number of anilines is 1. The molecule has 0 spiro atoms. The molecule has 0 aliphatic rings. The monoisotopic (exact) mass is 474 g/mol. The first kappa shape index (κ1) is 21.4. The zero-order valence-electron chi connectivity index (χ0n) is 14.2. The van der Waals surface area contributed by atoms with Crippen molar-refractivity contribution in [2.45, 2.75) is 11.8 Å². The van der Waals surface area contributed by atoms with Gasteiger partial charge in [0.1, 0.15) is 6.54 Å². The van der Waals surface area contributed by atoms with Crippen molar-refractivity contribution >= 4 is 55.1 Å². The second-order valence-electron chi connectivity index (χ2n) is 5.45. The molecule has 0 saturated carbocycles. The number of amides is 1. The highest BCUT2D eigenvalue weighted by atomic mass is 79.9. The van der Waals surface area contributed by atoms with Crippen molar-refractivity contribution in [3.8, 4) is 0 Å². The van der Waals surface area contributed by atoms with E-state index in [1.165, 1.54) is 6.07 Å². The van der Waals surface area contributed by atoms with Crippen LogP contribution in [0.5, 0.6) is 0 Å². The summed E-state index contributed by atoms with van der Waals surface area (Å²) in [5.41, 5.74) is 1.32. The number of hydrogen-bond acceptors (Lipinski definition) is 5. The summed E-state index contributed by atoms with van der Waals surface area (Å²) in [6.07, 6.45) is 0. The summed E-state index contributed by atoms with van der Waals surface area (Å²) in [5, 5.41) is 2.86. The van der Waals surface area contributed by atoms with Gasteiger partial charge in [-0.2, -0.15) is 4.72 Å². The molecule has 0 fully saturated rings. The first-order valence-corrected chi connectivity index (χ1v) is 10.3. The van der Waals surface area contributed by atoms with Crippen molar-refractivity contribution in [2.24, 2.45) is 0 Å². The number of esters is 1. The molecule has 1 amide bonds. The molecular formula is C17H16BrClN2O5S. The molecule has 2 aromatic rings. The number of hydrogen-bond donors (Lipinski definition) is 2. The smallest absolute Gasteiger partial charge is 0.321 e. The van der Waals surface area contributed by atoms with Crippen LogP contribution >= 0.6 is 27.5 Å². The number of carbonyl (C=O) groups is 2. The maximum absolute atomic E-state index is 12.2. The lowest BCUT2D eigenvalue weighted by Crippen LogP contribution is -2.32. The Morgan fingerprint density at radius 3 is 2.56 bits per heavy atom. The van der Waals surface area contributed by atoms with Crippen LogP contribution in [0.1, 0.15) is 5.56 Å². The van der Waals surface area contributed by atoms with Gasteiger partial charge in [0.2, 0.25) is 10.0 Å². The normalized spacial score (nSPS) is 11.1. The van der Waals surface area contributed by atoms with Crippen molar-refractivity contribution in [3.63, 3.8) is 0 Å². The van der Waals surface area contributed by atoms with Gasteiger partial charge in [-0.25, -0.2) is 8.42 Å². The molecule has 0 atom stereocenters. The fourth-order valence-corrected chi connectivity index (χ4v) is 4.25. The molecule has 0 radical (unpaired) electrons. The van der Waals surface area contributed by atoms with E-state index in [-0.39, 0.29) is 4.90 Å². The second-order valence-corrected chi connectivity index (χ2v) is 8.44. The van der Waals surface area contributed by atoms with E-state index in [9.17, 15) is 18.0 Å². The third kappa shape index (κ3) is 6.31. The molecule has 2 N–H and O–H groups in total. The van der Waals surface area contributed by atoms with Crippen molar-refractivity contribution in [2.75, 3.05) is 18.5 Å². The second kappa shape index (κ2) is 9.32. The van der Waals surface area contributed by atoms with Crippen LogP contribution in [-0.2, 0) is 24.3 Å². The Balaban J connectivity index is 1.84. The minimum atomic E-state index is -3.90. The molecule has 7 nitrogen and oxygen atoms in total. The summed E-state index contributed by atoms with van der Waals surface area (Å²) in [7, 11) is -3.90. The molecule has 0 bridgehead atoms. The number of benzene rings is 2. The molecule has 0 unspecified atom stereocenters. The van der Waals surface area contributed by atoms with Gasteiger partial charge in [-0.3, -0.25) is 9.59 Å². The third-order valence-electron chi connectivity index (χ3n) is 3.30. The van der Waals surface area contributed by atoms with Crippen molar-refractivity contribution in [3.05, 3.63) is 57.5 Å². The zero-order valence-corrected chi connectivity index (χ0v) is 17.3. The lowest BCUT2D eigenvalue weighted by Gasteiger charge is -2.10. The molecule has 0 aromatic heterocycles. The molecule has 0 aliphatic heterocycles. The van der Waals surface area contributed by atoms with Gasteiger partial charge in [0.15, 0.2) is 6.61 Å². The van der Waals surface area contributed by atoms with Crippen LogP contribution in [0.2, 0.25) is 5.02 Å². The van der Waals surface area contributed by atoms with E-state index in [2.05, 4.69) is 26.0 Å². The quantitative estimate of drug-likeness (QED) is 0.600. The molecule has 2 aromatic carbocycles. The maximum atomic E-state index is 12.2. The highest BCUT2D eigenvalue weighted by molar-refractivity contribution is 9.10. The summed E-state index contributed by atoms with van der Waals surface area (Å²) in [6.45, 7) is 0.677. The topological polar surface area (TPSA) is 102 Å². The summed E-state index contributed by atoms with van der Waals surface area (Å²) >= 11 is 9.14. The van der Waals surface area contributed by atoms with Crippen LogP contribution in [0.4, 0.5) is 5.69 Å². The lowest BCUT2D eigenvalue weighted by molar-refractivity contribution is -0.146. The summed E-state index contributed by atoms with van der Waals surface area (Å²) < 4.78 is 31.6. The molecule has 27 heavy (non-hydrogen) atoms. The van der Waals surface area contributed by atoms with Crippen LogP contribution in [-0.4, -0.2) is 33.4 Å². The summed E-state index contributed by atoms with van der Waals surface area (Å²) in [5.74, 6) is -1.49. The molecule has 2 rings (SSSR count). The van der Waals surface area contributed by atoms with E-state index < -0.39 is 35.1 Å². The number of ether oxygens (including phenoxy) is 1. The highest BCUT2D eigenvalue weighted by Gasteiger charge is 2.19. The molecule has 10 heteroatoms. The molecule has 144 valence electrons. The molecular weight excluding hydrogens is 460 g/mol. The van der Waals surface area contributed by atoms with Crippen molar-refractivity contribution in [1.29, 1.82) is 0 Å². The summed E-state index contributed by atoms with van der Waals surface area (Å²) in [6, 6.07) is 11.2. The van der Waals surface area contributed by atoms with E-state index in [4.69, 9.17) is 16.3 Å². The van der Waals surface area contributed by atoms with Gasteiger partial charge in [0.05, 0.1) is 15.6 Å². The van der Waals surface area contributed by atoms with Gasteiger partial charge < -0.3 is 10.1 Å². The fourth-order valence-electron chi connectivity index (χ4n) is 2.00. The van der Waals surface area contributed by atoms with Gasteiger partial charge in [0, 0.05) is 4.47 Å². The summed E-state index contributed by atoms with van der Waals surface area (Å²) in [4.78, 5) is 23.5. The number of carbonyl (C=O) groups excluding carboxylic acids is 2. The lowest BCUT2D eigenvalue weighted by atomic mass is 10.2. The highest BCUT2D eigenvalue weighted by Crippen LogP contribution is 2.22. The van der Waals surface area contributed by atoms with Crippen LogP contribution < -0.4 is 10.0 Å². The number of sulfonamides is 1. The first-order chi connectivity index (χ1) is 12.7. The minimum absolute atomic E-state index is 0.00967. The Kier molecular flexibility index (Phi) is 7.37. The Labute approximate surface area is 170 Å². The van der Waals surface area contributed by atoms with Crippen LogP contribution in [0.15, 0.2) is 51.8 Å². The number of aryl methyl sites for hydroxylation is 1. The Morgan fingerprint density at radius 1 is 1.19 bits per heavy atom. The van der Waals surface area contributed by atoms with E-state index in [1.54, 1.807) is 36.4 Å². The first-order valence-electron chi connectivity index (χ1n) is 7.65. The zero-order chi connectivity index (χ0) is 20.0. The Hall–Kier alpha value is -1.94. The van der Waals surface area contributed by atoms with E-state index in [0.717, 1.165) is 5.56 Å². The predicted octanol–water partition coefficient (Wildman–Crippen LogP) is 2.87. The minimum Gasteiger partial charge on any atom is -0.455 e. The average Bonchev–Trinajstić information content (AvgIpc) is 2.61. The van der Waals surface area contributed by atoms with Gasteiger partial charge in [-0.1, -0.05) is 29.8 Å². The standard InChI is InChI=1S/C17H16BrClN2O5S/c1-11-6-7-14(13(19)8-11)21-16(22)10-26-17(23)9-20-27(24,25)15-5-3-2-4-12(15)18/h2-8,20H,9-10H2,1H3,(H,21,22). The number of nitrogens with one attached hydrogen (secondary N) is 2. The molecule has 0 heterocycles. The Morgan fingerprint density at radius 2 is 1.89 bits per heavy atom. The van der Waals surface area contributed by atoms with E-state index >= 15 is 0 Å². The number of rotatable bonds is 7. The van der Waals surface area contributed by atoms with Crippen LogP contribution in [0.3, 0.4) is 0 Å². The Bertz CT molecular complexity index is 966. The largest absolute Gasteiger partial charge is 0.455 e. The van der Waals surface area contributed by atoms with E-state index in [1.807, 2.05) is 6.92 Å². The molecule has 0 saturated heterocycles. The maximum Gasteiger partial charge on any atom is 0.321 e. The SMILES string of the molecule is Cc1ccc(NC(=O)COC(=O)CNS(=O)(=O)c2ccccc2Br)c(Cl)c1. The predicted molar refractivity (Wildman–Crippen MR) is 105 cm³/mol. The van der Waals surface area contributed by atoms with E-state index in [0.29, 0.717) is 15.2 Å². The number of halogens is 2. The van der Waals surface area contributed by atoms with Crippen molar-refractivity contribution in [1.82, 2.24) is 4.72 Å². The van der Waals surface area contributed by atoms with Crippen molar-refractivity contribution < 1.29 is 22.7 Å². The molecule has 0 aliphatic carbocycles. The fraction of sp³-hybridized carbons (Fsp3) is 0.176. The van der Waals surface area contributed by atoms with Gasteiger partial charge in [0.25, 0.3) is 5.91 Å².